The Hall–Kier alpha value is -2.97. The van der Waals surface area contributed by atoms with Crippen LogP contribution in [0.3, 0.4) is 0 Å². The van der Waals surface area contributed by atoms with Gasteiger partial charge in [-0.3, -0.25) is 9.78 Å². The second kappa shape index (κ2) is 7.07. The van der Waals surface area contributed by atoms with Gasteiger partial charge in [0.25, 0.3) is 0 Å². The zero-order valence-corrected chi connectivity index (χ0v) is 13.2. The Morgan fingerprint density at radius 3 is 2.92 bits per heavy atom. The fourth-order valence-electron chi connectivity index (χ4n) is 2.61. The number of ether oxygens (including phenoxy) is 1. The fourth-order valence-corrected chi connectivity index (χ4v) is 2.61. The molecule has 0 bridgehead atoms. The number of aromatic nitrogens is 1. The third-order valence-electron chi connectivity index (χ3n) is 3.91. The van der Waals surface area contributed by atoms with Gasteiger partial charge in [0.2, 0.25) is 0 Å². The fraction of sp³-hybridized carbons (Fsp3) is 0.150. The molecule has 0 aliphatic heterocycles. The van der Waals surface area contributed by atoms with Crippen molar-refractivity contribution in [2.45, 2.75) is 6.42 Å². The van der Waals surface area contributed by atoms with Crippen molar-refractivity contribution in [1.29, 1.82) is 0 Å². The van der Waals surface area contributed by atoms with Crippen LogP contribution < -0.4 is 4.74 Å². The van der Waals surface area contributed by atoms with E-state index in [0.29, 0.717) is 28.9 Å². The van der Waals surface area contributed by atoms with Gasteiger partial charge in [-0.2, -0.15) is 0 Å². The van der Waals surface area contributed by atoms with E-state index in [1.54, 1.807) is 30.5 Å². The third kappa shape index (κ3) is 3.34. The van der Waals surface area contributed by atoms with E-state index in [-0.39, 0.29) is 11.7 Å². The van der Waals surface area contributed by atoms with E-state index in [4.69, 9.17) is 4.74 Å². The van der Waals surface area contributed by atoms with Gasteiger partial charge in [0, 0.05) is 41.3 Å². The van der Waals surface area contributed by atoms with Crippen molar-refractivity contribution in [2.24, 2.45) is 5.92 Å². The van der Waals surface area contributed by atoms with Crippen molar-refractivity contribution in [3.63, 3.8) is 0 Å². The number of allylic oxidation sites excluding steroid dienone is 3. The van der Waals surface area contributed by atoms with Crippen LogP contribution in [0.25, 0.3) is 5.57 Å². The van der Waals surface area contributed by atoms with Crippen molar-refractivity contribution in [3.05, 3.63) is 83.1 Å². The molecule has 0 fully saturated rings. The van der Waals surface area contributed by atoms with E-state index in [0.717, 1.165) is 12.0 Å². The van der Waals surface area contributed by atoms with Crippen LogP contribution in [-0.4, -0.2) is 18.4 Å². The first-order valence-corrected chi connectivity index (χ1v) is 7.59. The predicted octanol–water partition coefficient (Wildman–Crippen LogP) is 4.01. The smallest absolute Gasteiger partial charge is 0.151 e. The molecule has 0 saturated carbocycles. The zero-order chi connectivity index (χ0) is 16.9. The summed E-state index contributed by atoms with van der Waals surface area (Å²) in [5, 5.41) is 0. The molecule has 0 radical (unpaired) electrons. The number of methoxy groups -OCH3 is 1. The monoisotopic (exact) mass is 321 g/mol. The van der Waals surface area contributed by atoms with Gasteiger partial charge in [0.1, 0.15) is 11.6 Å². The Kier molecular flexibility index (Phi) is 4.69. The summed E-state index contributed by atoms with van der Waals surface area (Å²) in [6.07, 6.45) is 8.79. The molecule has 4 heteroatoms. The summed E-state index contributed by atoms with van der Waals surface area (Å²) < 4.78 is 19.1. The van der Waals surface area contributed by atoms with Gasteiger partial charge in [0.05, 0.1) is 12.8 Å². The summed E-state index contributed by atoms with van der Waals surface area (Å²) in [5.74, 6) is 0.208. The molecule has 1 atom stereocenters. The summed E-state index contributed by atoms with van der Waals surface area (Å²) in [6, 6.07) is 8.24. The molecule has 1 aliphatic rings. The first kappa shape index (κ1) is 15.9. The van der Waals surface area contributed by atoms with Crippen molar-refractivity contribution in [3.8, 4) is 5.75 Å². The molecular formula is C20H16FNO2. The van der Waals surface area contributed by atoms with E-state index in [1.807, 2.05) is 18.2 Å². The van der Waals surface area contributed by atoms with Crippen LogP contribution in [-0.2, 0) is 6.42 Å². The molecule has 1 aliphatic carbocycles. The second-order valence-electron chi connectivity index (χ2n) is 5.45. The maximum Gasteiger partial charge on any atom is 0.151 e. The summed E-state index contributed by atoms with van der Waals surface area (Å²) >= 11 is 0. The summed E-state index contributed by atoms with van der Waals surface area (Å²) in [4.78, 5) is 15.3. The molecule has 3 rings (SSSR count). The Balaban J connectivity index is 1.82. The van der Waals surface area contributed by atoms with Crippen LogP contribution in [0.5, 0.6) is 5.75 Å². The van der Waals surface area contributed by atoms with Crippen LogP contribution in [0.15, 0.2) is 60.5 Å². The minimum Gasteiger partial charge on any atom is -0.497 e. The first-order valence-electron chi connectivity index (χ1n) is 7.59. The molecule has 3 nitrogen and oxygen atoms in total. The molecule has 2 aromatic rings. The minimum absolute atomic E-state index is 0.0728. The van der Waals surface area contributed by atoms with Gasteiger partial charge in [-0.25, -0.2) is 4.39 Å². The number of hydrogen-bond acceptors (Lipinski definition) is 3. The highest BCUT2D eigenvalue weighted by atomic mass is 19.1. The largest absolute Gasteiger partial charge is 0.497 e. The molecule has 120 valence electrons. The van der Waals surface area contributed by atoms with Gasteiger partial charge >= 0.3 is 0 Å². The molecule has 1 heterocycles. The Bertz CT molecular complexity index is 864. The van der Waals surface area contributed by atoms with Gasteiger partial charge < -0.3 is 4.74 Å². The lowest BCUT2D eigenvalue weighted by atomic mass is 9.93. The van der Waals surface area contributed by atoms with E-state index in [9.17, 15) is 9.18 Å². The molecule has 1 aromatic heterocycles. The van der Waals surface area contributed by atoms with Crippen LogP contribution in [0, 0.1) is 11.7 Å². The van der Waals surface area contributed by atoms with Gasteiger partial charge in [-0.15, -0.1) is 5.73 Å². The van der Waals surface area contributed by atoms with E-state index < -0.39 is 0 Å². The lowest BCUT2D eigenvalue weighted by Crippen LogP contribution is -2.05. The quantitative estimate of drug-likeness (QED) is 0.617. The predicted molar refractivity (Wildman–Crippen MR) is 90.4 cm³/mol. The molecule has 24 heavy (non-hydrogen) atoms. The van der Waals surface area contributed by atoms with E-state index in [1.165, 1.54) is 13.2 Å². The Morgan fingerprint density at radius 1 is 1.38 bits per heavy atom. The minimum atomic E-state index is -0.346. The van der Waals surface area contributed by atoms with Crippen molar-refractivity contribution in [1.82, 2.24) is 4.98 Å². The maximum absolute atomic E-state index is 14.1. The van der Waals surface area contributed by atoms with Gasteiger partial charge in [-0.05, 0) is 36.4 Å². The van der Waals surface area contributed by atoms with Gasteiger partial charge in [0.15, 0.2) is 6.29 Å². The number of aldehydes is 1. The summed E-state index contributed by atoms with van der Waals surface area (Å²) in [6.45, 7) is 0. The van der Waals surface area contributed by atoms with Gasteiger partial charge in [-0.1, -0.05) is 6.08 Å². The van der Waals surface area contributed by atoms with Crippen LogP contribution in [0.4, 0.5) is 4.39 Å². The number of hydrogen-bond donors (Lipinski definition) is 0. The number of pyridine rings is 1. The Labute approximate surface area is 139 Å². The molecule has 0 amide bonds. The maximum atomic E-state index is 14.1. The van der Waals surface area contributed by atoms with E-state index >= 15 is 0 Å². The van der Waals surface area contributed by atoms with E-state index in [2.05, 4.69) is 10.7 Å². The average Bonchev–Trinajstić information content (AvgIpc) is 2.63. The average molecular weight is 321 g/mol. The molecule has 0 spiro atoms. The molecule has 0 N–H and O–H groups in total. The highest BCUT2D eigenvalue weighted by Crippen LogP contribution is 2.26. The van der Waals surface area contributed by atoms with Crippen molar-refractivity contribution < 1.29 is 13.9 Å². The lowest BCUT2D eigenvalue weighted by molar-refractivity contribution is 0.112. The molecule has 1 aromatic carbocycles. The third-order valence-corrected chi connectivity index (χ3v) is 3.91. The zero-order valence-electron chi connectivity index (χ0n) is 13.2. The van der Waals surface area contributed by atoms with Crippen LogP contribution in [0.1, 0.15) is 21.6 Å². The van der Waals surface area contributed by atoms with Crippen molar-refractivity contribution >= 4 is 11.9 Å². The Morgan fingerprint density at radius 2 is 2.25 bits per heavy atom. The molecule has 1 unspecified atom stereocenters. The normalized spacial score (nSPS) is 15.9. The number of carbonyl (C=O) groups is 1. The number of halogens is 1. The first-order chi connectivity index (χ1) is 11.7. The molecular weight excluding hydrogens is 305 g/mol. The summed E-state index contributed by atoms with van der Waals surface area (Å²) in [7, 11) is 1.50. The topological polar surface area (TPSA) is 39.2 Å². The molecule has 0 saturated heterocycles. The number of benzene rings is 1. The SMILES string of the molecule is COc1ccc(C2=C=CC(Cc3ncccc3C=O)C=C2)c(F)c1. The van der Waals surface area contributed by atoms with Crippen LogP contribution in [0.2, 0.25) is 0 Å². The lowest BCUT2D eigenvalue weighted by Gasteiger charge is -2.12. The summed E-state index contributed by atoms with van der Waals surface area (Å²) in [5.41, 5.74) is 5.63. The highest BCUT2D eigenvalue weighted by Gasteiger charge is 2.13. The standard InChI is InChI=1S/C20H16FNO2/c1-24-17-8-9-18(19(21)12-17)15-6-4-14(5-7-15)11-20-16(13-23)3-2-10-22-20/h2-6,8-10,12-14H,11H2,1H3. The number of rotatable bonds is 5. The highest BCUT2D eigenvalue weighted by molar-refractivity contribution is 5.77. The number of nitrogens with zero attached hydrogens (tertiary/aromatic N) is 1. The van der Waals surface area contributed by atoms with Crippen LogP contribution >= 0.6 is 0 Å². The number of carbonyl (C=O) groups excluding carboxylic acids is 1. The van der Waals surface area contributed by atoms with Crippen molar-refractivity contribution in [2.75, 3.05) is 7.11 Å². The second-order valence-corrected chi connectivity index (χ2v) is 5.45.